The molecule has 0 aliphatic heterocycles. The fraction of sp³-hybridized carbons (Fsp3) is 0.188. The van der Waals surface area contributed by atoms with Crippen LogP contribution in [0.2, 0.25) is 0 Å². The second-order valence-corrected chi connectivity index (χ2v) is 4.75. The van der Waals surface area contributed by atoms with Crippen molar-refractivity contribution in [3.05, 3.63) is 51.6 Å². The Bertz CT molecular complexity index is 797. The van der Waals surface area contributed by atoms with Gasteiger partial charge in [0, 0.05) is 23.9 Å². The van der Waals surface area contributed by atoms with E-state index in [-0.39, 0.29) is 11.3 Å². The van der Waals surface area contributed by atoms with Crippen molar-refractivity contribution in [2.45, 2.75) is 6.92 Å². The van der Waals surface area contributed by atoms with E-state index >= 15 is 0 Å². The van der Waals surface area contributed by atoms with Crippen molar-refractivity contribution >= 4 is 17.1 Å². The third-order valence-electron chi connectivity index (χ3n) is 3.33. The van der Waals surface area contributed by atoms with E-state index in [4.69, 9.17) is 9.47 Å². The highest BCUT2D eigenvalue weighted by molar-refractivity contribution is 5.72. The lowest BCUT2D eigenvalue weighted by molar-refractivity contribution is -0.384. The molecule has 0 amide bonds. The number of hydrogen-bond donors (Lipinski definition) is 1. The molecule has 1 N–H and O–H groups in total. The number of benzene rings is 2. The van der Waals surface area contributed by atoms with E-state index in [1.807, 2.05) is 13.0 Å². The Morgan fingerprint density at radius 2 is 1.78 bits per heavy atom. The number of nitriles is 1. The molecule has 0 aliphatic rings. The van der Waals surface area contributed by atoms with E-state index in [9.17, 15) is 15.4 Å². The minimum atomic E-state index is -0.535. The monoisotopic (exact) mass is 313 g/mol. The van der Waals surface area contributed by atoms with Crippen molar-refractivity contribution in [2.75, 3.05) is 19.5 Å². The van der Waals surface area contributed by atoms with Gasteiger partial charge in [-0.2, -0.15) is 5.26 Å². The van der Waals surface area contributed by atoms with E-state index in [1.165, 1.54) is 25.3 Å². The minimum absolute atomic E-state index is 0.129. The summed E-state index contributed by atoms with van der Waals surface area (Å²) < 4.78 is 10.5. The first kappa shape index (κ1) is 16.1. The number of ether oxygens (including phenoxy) is 2. The first-order chi connectivity index (χ1) is 11.0. The molecule has 0 atom stereocenters. The van der Waals surface area contributed by atoms with E-state index in [2.05, 4.69) is 5.32 Å². The van der Waals surface area contributed by atoms with Crippen molar-refractivity contribution in [1.82, 2.24) is 0 Å². The Kier molecular flexibility index (Phi) is 4.66. The van der Waals surface area contributed by atoms with Crippen LogP contribution in [0.15, 0.2) is 30.3 Å². The number of rotatable bonds is 5. The second kappa shape index (κ2) is 6.66. The van der Waals surface area contributed by atoms with Crippen LogP contribution in [0.1, 0.15) is 11.1 Å². The summed E-state index contributed by atoms with van der Waals surface area (Å²) in [6.07, 6.45) is 0. The Labute approximate surface area is 133 Å². The highest BCUT2D eigenvalue weighted by Crippen LogP contribution is 2.35. The second-order valence-electron chi connectivity index (χ2n) is 4.75. The van der Waals surface area contributed by atoms with E-state index in [1.54, 1.807) is 19.2 Å². The van der Waals surface area contributed by atoms with Gasteiger partial charge in [0.2, 0.25) is 0 Å². The molecule has 0 bridgehead atoms. The average Bonchev–Trinajstić information content (AvgIpc) is 2.56. The van der Waals surface area contributed by atoms with Gasteiger partial charge in [0.25, 0.3) is 5.69 Å². The third-order valence-corrected chi connectivity index (χ3v) is 3.33. The number of nitrogens with one attached hydrogen (secondary N) is 1. The molecule has 0 saturated heterocycles. The molecule has 7 heteroatoms. The quantitative estimate of drug-likeness (QED) is 0.669. The molecular weight excluding hydrogens is 298 g/mol. The molecule has 0 radical (unpaired) electrons. The molecule has 2 aromatic carbocycles. The summed E-state index contributed by atoms with van der Waals surface area (Å²) in [5, 5.41) is 23.1. The van der Waals surface area contributed by atoms with E-state index in [0.29, 0.717) is 22.9 Å². The van der Waals surface area contributed by atoms with Crippen LogP contribution in [0.5, 0.6) is 11.5 Å². The zero-order valence-electron chi connectivity index (χ0n) is 12.9. The van der Waals surface area contributed by atoms with Crippen molar-refractivity contribution in [2.24, 2.45) is 0 Å². The summed E-state index contributed by atoms with van der Waals surface area (Å²) in [7, 11) is 3.08. The Hall–Kier alpha value is -3.27. The molecule has 0 unspecified atom stereocenters. The molecule has 118 valence electrons. The number of nitro benzene ring substituents is 1. The highest BCUT2D eigenvalue weighted by Gasteiger charge is 2.13. The lowest BCUT2D eigenvalue weighted by atomic mass is 10.1. The van der Waals surface area contributed by atoms with Crippen LogP contribution in [-0.4, -0.2) is 19.1 Å². The number of methoxy groups -OCH3 is 2. The molecule has 2 rings (SSSR count). The van der Waals surface area contributed by atoms with Gasteiger partial charge >= 0.3 is 0 Å². The topological polar surface area (TPSA) is 97.4 Å². The predicted molar refractivity (Wildman–Crippen MR) is 85.4 cm³/mol. The maximum Gasteiger partial charge on any atom is 0.270 e. The van der Waals surface area contributed by atoms with Gasteiger partial charge in [0.15, 0.2) is 11.5 Å². The lowest BCUT2D eigenvalue weighted by Crippen LogP contribution is -1.99. The van der Waals surface area contributed by atoms with Crippen LogP contribution in [0.4, 0.5) is 17.1 Å². The average molecular weight is 313 g/mol. The Morgan fingerprint density at radius 3 is 2.35 bits per heavy atom. The van der Waals surface area contributed by atoms with Gasteiger partial charge in [-0.15, -0.1) is 0 Å². The maximum absolute atomic E-state index is 10.8. The highest BCUT2D eigenvalue weighted by atomic mass is 16.6. The van der Waals surface area contributed by atoms with Crippen LogP contribution in [-0.2, 0) is 0 Å². The van der Waals surface area contributed by atoms with Gasteiger partial charge < -0.3 is 14.8 Å². The molecule has 7 nitrogen and oxygen atoms in total. The largest absolute Gasteiger partial charge is 0.493 e. The zero-order valence-corrected chi connectivity index (χ0v) is 12.9. The standard InChI is InChI=1S/C16H15N3O4/c1-10-6-15(22-2)16(23-3)8-14(10)18-13-5-4-12(19(20)21)7-11(13)9-17/h4-8,18H,1-3H3. The fourth-order valence-electron chi connectivity index (χ4n) is 2.11. The van der Waals surface area contributed by atoms with Crippen molar-refractivity contribution < 1.29 is 14.4 Å². The third kappa shape index (κ3) is 3.32. The summed E-state index contributed by atoms with van der Waals surface area (Å²) >= 11 is 0. The summed E-state index contributed by atoms with van der Waals surface area (Å²) in [6.45, 7) is 1.88. The first-order valence-corrected chi connectivity index (χ1v) is 6.68. The van der Waals surface area contributed by atoms with Crippen molar-refractivity contribution in [3.63, 3.8) is 0 Å². The SMILES string of the molecule is COc1cc(C)c(Nc2ccc([N+](=O)[O-])cc2C#N)cc1OC. The van der Waals surface area contributed by atoms with Gasteiger partial charge in [-0.3, -0.25) is 10.1 Å². The van der Waals surface area contributed by atoms with Gasteiger partial charge in [0.1, 0.15) is 6.07 Å². The van der Waals surface area contributed by atoms with Crippen LogP contribution in [0.3, 0.4) is 0 Å². The summed E-state index contributed by atoms with van der Waals surface area (Å²) in [5.41, 5.74) is 2.14. The number of nitro groups is 1. The van der Waals surface area contributed by atoms with Crippen LogP contribution >= 0.6 is 0 Å². The molecule has 0 fully saturated rings. The molecule has 0 saturated carbocycles. The molecular formula is C16H15N3O4. The summed E-state index contributed by atoms with van der Waals surface area (Å²) in [6, 6.07) is 9.60. The van der Waals surface area contributed by atoms with Crippen LogP contribution in [0.25, 0.3) is 0 Å². The molecule has 0 aliphatic carbocycles. The van der Waals surface area contributed by atoms with E-state index in [0.717, 1.165) is 5.56 Å². The number of nitrogens with zero attached hydrogens (tertiary/aromatic N) is 2. The Balaban J connectivity index is 2.43. The number of aryl methyl sites for hydroxylation is 1. The summed E-state index contributed by atoms with van der Waals surface area (Å²) in [4.78, 5) is 10.3. The first-order valence-electron chi connectivity index (χ1n) is 6.68. The van der Waals surface area contributed by atoms with E-state index < -0.39 is 4.92 Å². The molecule has 0 aromatic heterocycles. The smallest absolute Gasteiger partial charge is 0.270 e. The van der Waals surface area contributed by atoms with Gasteiger partial charge in [-0.05, 0) is 24.6 Å². The molecule has 0 spiro atoms. The maximum atomic E-state index is 10.8. The summed E-state index contributed by atoms with van der Waals surface area (Å²) in [5.74, 6) is 1.14. The normalized spacial score (nSPS) is 9.83. The molecule has 2 aromatic rings. The lowest BCUT2D eigenvalue weighted by Gasteiger charge is -2.15. The van der Waals surface area contributed by atoms with Crippen LogP contribution < -0.4 is 14.8 Å². The fourth-order valence-corrected chi connectivity index (χ4v) is 2.11. The number of anilines is 2. The van der Waals surface area contributed by atoms with Crippen molar-refractivity contribution in [3.8, 4) is 17.6 Å². The molecule has 23 heavy (non-hydrogen) atoms. The number of hydrogen-bond acceptors (Lipinski definition) is 6. The minimum Gasteiger partial charge on any atom is -0.493 e. The van der Waals surface area contributed by atoms with Gasteiger partial charge in [0.05, 0.1) is 30.4 Å². The van der Waals surface area contributed by atoms with Crippen molar-refractivity contribution in [1.29, 1.82) is 5.26 Å². The molecule has 0 heterocycles. The predicted octanol–water partition coefficient (Wildman–Crippen LogP) is 3.54. The van der Waals surface area contributed by atoms with Gasteiger partial charge in [-0.1, -0.05) is 0 Å². The van der Waals surface area contributed by atoms with Gasteiger partial charge in [-0.25, -0.2) is 0 Å². The number of non-ortho nitro benzene ring substituents is 1. The zero-order chi connectivity index (χ0) is 17.0. The Morgan fingerprint density at radius 1 is 1.13 bits per heavy atom. The van der Waals surface area contributed by atoms with Crippen LogP contribution in [0, 0.1) is 28.4 Å².